The van der Waals surface area contributed by atoms with Crippen LogP contribution in [-0.4, -0.2) is 45.2 Å². The van der Waals surface area contributed by atoms with Crippen LogP contribution < -0.4 is 10.9 Å². The zero-order valence-electron chi connectivity index (χ0n) is 16.8. The van der Waals surface area contributed by atoms with Gasteiger partial charge in [-0.25, -0.2) is 9.78 Å². The molecule has 1 saturated heterocycles. The lowest BCUT2D eigenvalue weighted by Gasteiger charge is -2.36. The number of carbonyl (C=O) groups excluding carboxylic acids is 2. The summed E-state index contributed by atoms with van der Waals surface area (Å²) in [5, 5.41) is 3.81. The van der Waals surface area contributed by atoms with Crippen molar-refractivity contribution in [1.29, 1.82) is 0 Å². The molecular weight excluding hydrogens is 388 g/mol. The summed E-state index contributed by atoms with van der Waals surface area (Å²) < 4.78 is 1.81. The normalized spacial score (nSPS) is 24.7. The van der Waals surface area contributed by atoms with Gasteiger partial charge in [-0.3, -0.25) is 19.1 Å². The van der Waals surface area contributed by atoms with Crippen LogP contribution in [0.2, 0.25) is 0 Å². The van der Waals surface area contributed by atoms with Gasteiger partial charge in [0.1, 0.15) is 0 Å². The zero-order chi connectivity index (χ0) is 20.5. The maximum atomic E-state index is 13.4. The standard InChI is InChI=1S/C21H26N4O3S/c1-13-6-5-9-17(14(13)2)25-19(27)15-7-3-4-8-16(15)23-21(25)29-12-18(26)24-11-10-22-20(24)28/h3-4,7-8,13-14,17H,5-6,9-12H2,1-2H3,(H,22,28)/t13-,14-,17+/m1/s1. The van der Waals surface area contributed by atoms with E-state index in [1.807, 2.05) is 28.8 Å². The third kappa shape index (κ3) is 3.77. The second-order valence-corrected chi connectivity index (χ2v) is 8.93. The third-order valence-electron chi connectivity index (χ3n) is 6.25. The molecule has 1 aromatic heterocycles. The number of hydrogen-bond acceptors (Lipinski definition) is 5. The Morgan fingerprint density at radius 1 is 1.24 bits per heavy atom. The molecular formula is C21H26N4O3S. The largest absolute Gasteiger partial charge is 0.336 e. The van der Waals surface area contributed by atoms with Crippen molar-refractivity contribution in [2.24, 2.45) is 11.8 Å². The van der Waals surface area contributed by atoms with Crippen molar-refractivity contribution in [1.82, 2.24) is 19.8 Å². The molecule has 1 aliphatic carbocycles. The van der Waals surface area contributed by atoms with E-state index >= 15 is 0 Å². The summed E-state index contributed by atoms with van der Waals surface area (Å²) in [6, 6.07) is 7.06. The number of fused-ring (bicyclic) bond motifs is 1. The molecule has 3 amide bonds. The van der Waals surface area contributed by atoms with Crippen LogP contribution in [0.4, 0.5) is 4.79 Å². The SMILES string of the molecule is C[C@@H]1[C@H](C)CCC[C@@H]1n1c(SCC(=O)N2CCNC2=O)nc2ccccc2c1=O. The van der Waals surface area contributed by atoms with Crippen LogP contribution in [0.1, 0.15) is 39.2 Å². The average Bonchev–Trinajstić information content (AvgIpc) is 3.15. The minimum atomic E-state index is -0.353. The summed E-state index contributed by atoms with van der Waals surface area (Å²) >= 11 is 1.25. The van der Waals surface area contributed by atoms with Crippen LogP contribution >= 0.6 is 11.8 Å². The van der Waals surface area contributed by atoms with Gasteiger partial charge in [0.25, 0.3) is 5.56 Å². The molecule has 0 radical (unpaired) electrons. The van der Waals surface area contributed by atoms with E-state index in [2.05, 4.69) is 19.2 Å². The molecule has 2 fully saturated rings. The van der Waals surface area contributed by atoms with Gasteiger partial charge in [0.05, 0.1) is 16.7 Å². The van der Waals surface area contributed by atoms with E-state index in [0.717, 1.165) is 12.8 Å². The molecule has 2 heterocycles. The number of rotatable bonds is 4. The monoisotopic (exact) mass is 414 g/mol. The summed E-state index contributed by atoms with van der Waals surface area (Å²) in [6.45, 7) is 5.29. The van der Waals surface area contributed by atoms with Gasteiger partial charge >= 0.3 is 6.03 Å². The summed E-state index contributed by atoms with van der Waals surface area (Å²) in [7, 11) is 0. The van der Waals surface area contributed by atoms with E-state index in [1.54, 1.807) is 0 Å². The number of para-hydroxylation sites is 1. The molecule has 2 aromatic rings. The molecule has 0 spiro atoms. The fourth-order valence-corrected chi connectivity index (χ4v) is 5.28. The number of aromatic nitrogens is 2. The van der Waals surface area contributed by atoms with Gasteiger partial charge in [0, 0.05) is 19.1 Å². The van der Waals surface area contributed by atoms with E-state index in [-0.39, 0.29) is 29.3 Å². The summed E-state index contributed by atoms with van der Waals surface area (Å²) in [5.41, 5.74) is 0.592. The van der Waals surface area contributed by atoms with Gasteiger partial charge in [-0.05, 0) is 30.4 Å². The second kappa shape index (κ2) is 8.18. The van der Waals surface area contributed by atoms with Gasteiger partial charge in [-0.15, -0.1) is 0 Å². The van der Waals surface area contributed by atoms with Gasteiger partial charge in [-0.2, -0.15) is 0 Å². The second-order valence-electron chi connectivity index (χ2n) is 7.99. The first-order valence-corrected chi connectivity index (χ1v) is 11.2. The van der Waals surface area contributed by atoms with Crippen molar-refractivity contribution in [3.8, 4) is 0 Å². The quantitative estimate of drug-likeness (QED) is 0.614. The summed E-state index contributed by atoms with van der Waals surface area (Å²) in [6.07, 6.45) is 3.17. The molecule has 1 N–H and O–H groups in total. The Morgan fingerprint density at radius 3 is 2.79 bits per heavy atom. The minimum absolute atomic E-state index is 0.0459. The lowest BCUT2D eigenvalue weighted by atomic mass is 9.78. The molecule has 1 aliphatic heterocycles. The number of thioether (sulfide) groups is 1. The number of nitrogens with one attached hydrogen (secondary N) is 1. The first kappa shape index (κ1) is 19.9. The van der Waals surface area contributed by atoms with Crippen molar-refractivity contribution in [2.75, 3.05) is 18.8 Å². The Labute approximate surface area is 173 Å². The number of urea groups is 1. The lowest BCUT2D eigenvalue weighted by molar-refractivity contribution is -0.124. The highest BCUT2D eigenvalue weighted by Crippen LogP contribution is 2.38. The Morgan fingerprint density at radius 2 is 2.03 bits per heavy atom. The maximum Gasteiger partial charge on any atom is 0.324 e. The molecule has 154 valence electrons. The number of imide groups is 1. The Kier molecular flexibility index (Phi) is 5.63. The van der Waals surface area contributed by atoms with Crippen LogP contribution in [-0.2, 0) is 4.79 Å². The molecule has 8 heteroatoms. The predicted molar refractivity (Wildman–Crippen MR) is 113 cm³/mol. The number of benzene rings is 1. The molecule has 29 heavy (non-hydrogen) atoms. The Hall–Kier alpha value is -2.35. The Balaban J connectivity index is 1.70. The van der Waals surface area contributed by atoms with Gasteiger partial charge in [0.2, 0.25) is 5.91 Å². The first-order valence-electron chi connectivity index (χ1n) is 10.2. The molecule has 7 nitrogen and oxygen atoms in total. The van der Waals surface area contributed by atoms with Crippen LogP contribution in [0.25, 0.3) is 10.9 Å². The van der Waals surface area contributed by atoms with E-state index in [0.29, 0.717) is 41.0 Å². The summed E-state index contributed by atoms with van der Waals surface area (Å²) in [5.74, 6) is 0.697. The fraction of sp³-hybridized carbons (Fsp3) is 0.524. The van der Waals surface area contributed by atoms with E-state index in [4.69, 9.17) is 4.98 Å². The highest BCUT2D eigenvalue weighted by molar-refractivity contribution is 7.99. The predicted octanol–water partition coefficient (Wildman–Crippen LogP) is 3.04. The highest BCUT2D eigenvalue weighted by Gasteiger charge is 2.32. The zero-order valence-corrected chi connectivity index (χ0v) is 17.6. The number of carbonyl (C=O) groups is 2. The van der Waals surface area contributed by atoms with Crippen molar-refractivity contribution in [3.05, 3.63) is 34.6 Å². The smallest absolute Gasteiger partial charge is 0.324 e. The van der Waals surface area contributed by atoms with Gasteiger partial charge in [-0.1, -0.05) is 50.6 Å². The molecule has 3 atom stereocenters. The molecule has 4 rings (SSSR count). The average molecular weight is 415 g/mol. The molecule has 1 saturated carbocycles. The number of amides is 3. The third-order valence-corrected chi connectivity index (χ3v) is 7.19. The number of nitrogens with zero attached hydrogens (tertiary/aromatic N) is 3. The van der Waals surface area contributed by atoms with Crippen LogP contribution in [0.15, 0.2) is 34.2 Å². The van der Waals surface area contributed by atoms with Crippen LogP contribution in [0, 0.1) is 11.8 Å². The van der Waals surface area contributed by atoms with Crippen LogP contribution in [0.3, 0.4) is 0 Å². The van der Waals surface area contributed by atoms with Gasteiger partial charge < -0.3 is 5.32 Å². The number of hydrogen-bond donors (Lipinski definition) is 1. The van der Waals surface area contributed by atoms with Crippen LogP contribution in [0.5, 0.6) is 0 Å². The lowest BCUT2D eigenvalue weighted by Crippen LogP contribution is -2.37. The van der Waals surface area contributed by atoms with E-state index in [9.17, 15) is 14.4 Å². The topological polar surface area (TPSA) is 84.3 Å². The maximum absolute atomic E-state index is 13.4. The molecule has 0 unspecified atom stereocenters. The Bertz CT molecular complexity index is 1010. The highest BCUT2D eigenvalue weighted by atomic mass is 32.2. The van der Waals surface area contributed by atoms with Crippen molar-refractivity contribution in [3.63, 3.8) is 0 Å². The van der Waals surface area contributed by atoms with Gasteiger partial charge in [0.15, 0.2) is 5.16 Å². The summed E-state index contributed by atoms with van der Waals surface area (Å²) in [4.78, 5) is 43.6. The van der Waals surface area contributed by atoms with E-state index in [1.165, 1.54) is 23.1 Å². The fourth-order valence-electron chi connectivity index (χ4n) is 4.35. The minimum Gasteiger partial charge on any atom is -0.336 e. The van der Waals surface area contributed by atoms with E-state index < -0.39 is 0 Å². The first-order chi connectivity index (χ1) is 14.0. The molecule has 1 aromatic carbocycles. The van der Waals surface area contributed by atoms with Crippen molar-refractivity contribution < 1.29 is 9.59 Å². The van der Waals surface area contributed by atoms with Crippen molar-refractivity contribution >= 4 is 34.6 Å². The van der Waals surface area contributed by atoms with Crippen molar-refractivity contribution in [2.45, 2.75) is 44.3 Å². The molecule has 0 bridgehead atoms. The molecule has 2 aliphatic rings.